The van der Waals surface area contributed by atoms with Crippen molar-refractivity contribution >= 4 is 10.0 Å². The summed E-state index contributed by atoms with van der Waals surface area (Å²) in [5.41, 5.74) is 1.80. The monoisotopic (exact) mass is 296 g/mol. The van der Waals surface area contributed by atoms with Crippen LogP contribution >= 0.6 is 0 Å². The van der Waals surface area contributed by atoms with Crippen molar-refractivity contribution in [1.82, 2.24) is 9.62 Å². The normalized spacial score (nSPS) is 21.1. The van der Waals surface area contributed by atoms with Crippen molar-refractivity contribution in [2.45, 2.75) is 44.6 Å². The summed E-state index contributed by atoms with van der Waals surface area (Å²) in [7, 11) is -3.37. The van der Waals surface area contributed by atoms with E-state index in [1.807, 2.05) is 26.0 Å². The molecule has 0 radical (unpaired) electrons. The minimum Gasteiger partial charge on any atom is -0.313 e. The van der Waals surface area contributed by atoms with Crippen molar-refractivity contribution in [3.8, 4) is 0 Å². The van der Waals surface area contributed by atoms with E-state index in [2.05, 4.69) is 12.2 Å². The number of nitrogens with zero attached hydrogens (tertiary/aromatic N) is 1. The van der Waals surface area contributed by atoms with Crippen LogP contribution in [0.2, 0.25) is 0 Å². The fraction of sp³-hybridized carbons (Fsp3) is 0.600. The van der Waals surface area contributed by atoms with Gasteiger partial charge >= 0.3 is 0 Å². The molecule has 2 rings (SSSR count). The van der Waals surface area contributed by atoms with Gasteiger partial charge in [-0.2, -0.15) is 4.31 Å². The summed E-state index contributed by atoms with van der Waals surface area (Å²) in [6, 6.07) is 5.88. The lowest BCUT2D eigenvalue weighted by Gasteiger charge is -2.32. The maximum absolute atomic E-state index is 12.8. The fourth-order valence-electron chi connectivity index (χ4n) is 2.74. The highest BCUT2D eigenvalue weighted by molar-refractivity contribution is 7.89. The highest BCUT2D eigenvalue weighted by atomic mass is 32.2. The molecule has 1 saturated heterocycles. The average Bonchev–Trinajstić information content (AvgIpc) is 2.42. The van der Waals surface area contributed by atoms with Crippen LogP contribution < -0.4 is 5.32 Å². The number of nitrogens with one attached hydrogen (secondary N) is 1. The predicted molar refractivity (Wildman–Crippen MR) is 81.4 cm³/mol. The zero-order valence-corrected chi connectivity index (χ0v) is 13.3. The Bertz CT molecular complexity index is 567. The van der Waals surface area contributed by atoms with E-state index < -0.39 is 10.0 Å². The van der Waals surface area contributed by atoms with E-state index in [9.17, 15) is 8.42 Å². The number of rotatable bonds is 4. The van der Waals surface area contributed by atoms with E-state index >= 15 is 0 Å². The van der Waals surface area contributed by atoms with Crippen LogP contribution in [0.3, 0.4) is 0 Å². The second-order valence-corrected chi connectivity index (χ2v) is 7.44. The SMILES string of the molecule is CCNC1CCCN(S(=O)(=O)c2cc(C)ccc2C)C1. The molecule has 0 saturated carbocycles. The average molecular weight is 296 g/mol. The van der Waals surface area contributed by atoms with Gasteiger partial charge < -0.3 is 5.32 Å². The van der Waals surface area contributed by atoms with Gasteiger partial charge in [-0.25, -0.2) is 8.42 Å². The van der Waals surface area contributed by atoms with Crippen molar-refractivity contribution < 1.29 is 8.42 Å². The zero-order chi connectivity index (χ0) is 14.8. The summed E-state index contributed by atoms with van der Waals surface area (Å²) < 4.78 is 27.2. The van der Waals surface area contributed by atoms with Crippen LogP contribution in [0.5, 0.6) is 0 Å². The Morgan fingerprint density at radius 3 is 2.80 bits per heavy atom. The Hall–Kier alpha value is -0.910. The van der Waals surface area contributed by atoms with Gasteiger partial charge in [0.25, 0.3) is 0 Å². The molecule has 20 heavy (non-hydrogen) atoms. The molecule has 1 unspecified atom stereocenters. The van der Waals surface area contributed by atoms with Crippen LogP contribution in [-0.4, -0.2) is 38.4 Å². The molecule has 1 aromatic rings. The van der Waals surface area contributed by atoms with Crippen molar-refractivity contribution in [1.29, 1.82) is 0 Å². The summed E-state index contributed by atoms with van der Waals surface area (Å²) >= 11 is 0. The summed E-state index contributed by atoms with van der Waals surface area (Å²) in [5.74, 6) is 0. The van der Waals surface area contributed by atoms with Crippen LogP contribution in [-0.2, 0) is 10.0 Å². The molecule has 1 aliphatic heterocycles. The molecule has 5 heteroatoms. The molecular weight excluding hydrogens is 272 g/mol. The van der Waals surface area contributed by atoms with E-state index in [0.29, 0.717) is 18.0 Å². The molecule has 0 bridgehead atoms. The van der Waals surface area contributed by atoms with Crippen LogP contribution in [0.4, 0.5) is 0 Å². The maximum Gasteiger partial charge on any atom is 0.243 e. The Kier molecular flexibility index (Phi) is 4.83. The molecule has 0 aliphatic carbocycles. The molecule has 1 heterocycles. The summed E-state index contributed by atoms with van der Waals surface area (Å²) in [6.07, 6.45) is 1.97. The van der Waals surface area contributed by atoms with Gasteiger partial charge in [0.15, 0.2) is 0 Å². The smallest absolute Gasteiger partial charge is 0.243 e. The Morgan fingerprint density at radius 2 is 2.10 bits per heavy atom. The van der Waals surface area contributed by atoms with Crippen molar-refractivity contribution in [2.75, 3.05) is 19.6 Å². The third-order valence-electron chi connectivity index (χ3n) is 3.84. The van der Waals surface area contributed by atoms with E-state index in [-0.39, 0.29) is 6.04 Å². The number of sulfonamides is 1. The summed E-state index contributed by atoms with van der Waals surface area (Å²) in [4.78, 5) is 0.453. The first kappa shape index (κ1) is 15.5. The molecule has 0 aromatic heterocycles. The lowest BCUT2D eigenvalue weighted by Crippen LogP contribution is -2.47. The van der Waals surface area contributed by atoms with Gasteiger partial charge in [0, 0.05) is 19.1 Å². The summed E-state index contributed by atoms with van der Waals surface area (Å²) in [6.45, 7) is 7.91. The molecule has 4 nitrogen and oxygen atoms in total. The molecule has 0 amide bonds. The minimum absolute atomic E-state index is 0.272. The molecule has 112 valence electrons. The Morgan fingerprint density at radius 1 is 1.35 bits per heavy atom. The molecule has 1 N–H and O–H groups in total. The fourth-order valence-corrected chi connectivity index (χ4v) is 4.57. The number of hydrogen-bond donors (Lipinski definition) is 1. The van der Waals surface area contributed by atoms with Crippen molar-refractivity contribution in [2.24, 2.45) is 0 Å². The Labute approximate surface area is 122 Å². The van der Waals surface area contributed by atoms with Crippen molar-refractivity contribution in [3.63, 3.8) is 0 Å². The van der Waals surface area contributed by atoms with E-state index in [1.54, 1.807) is 10.4 Å². The van der Waals surface area contributed by atoms with E-state index in [0.717, 1.165) is 30.5 Å². The quantitative estimate of drug-likeness (QED) is 0.925. The zero-order valence-electron chi connectivity index (χ0n) is 12.5. The van der Waals surface area contributed by atoms with Crippen LogP contribution in [0.25, 0.3) is 0 Å². The van der Waals surface area contributed by atoms with Crippen LogP contribution in [0.1, 0.15) is 30.9 Å². The van der Waals surface area contributed by atoms with Gasteiger partial charge in [0.05, 0.1) is 4.90 Å². The number of piperidine rings is 1. The topological polar surface area (TPSA) is 49.4 Å². The molecule has 1 aromatic carbocycles. The van der Waals surface area contributed by atoms with Crippen LogP contribution in [0, 0.1) is 13.8 Å². The maximum atomic E-state index is 12.8. The number of likely N-dealkylation sites (N-methyl/N-ethyl adjacent to an activating group) is 1. The van der Waals surface area contributed by atoms with Gasteiger partial charge in [-0.15, -0.1) is 0 Å². The number of aryl methyl sites for hydroxylation is 2. The molecule has 0 spiro atoms. The first-order valence-electron chi connectivity index (χ1n) is 7.26. The first-order chi connectivity index (χ1) is 9.45. The summed E-state index contributed by atoms with van der Waals surface area (Å²) in [5, 5.41) is 3.36. The second-order valence-electron chi connectivity index (χ2n) is 5.53. The van der Waals surface area contributed by atoms with Crippen LogP contribution in [0.15, 0.2) is 23.1 Å². The molecule has 1 atom stereocenters. The molecule has 1 aliphatic rings. The minimum atomic E-state index is -3.37. The van der Waals surface area contributed by atoms with E-state index in [4.69, 9.17) is 0 Å². The largest absolute Gasteiger partial charge is 0.313 e. The highest BCUT2D eigenvalue weighted by Crippen LogP contribution is 2.24. The van der Waals surface area contributed by atoms with Gasteiger partial charge in [0.1, 0.15) is 0 Å². The lowest BCUT2D eigenvalue weighted by atomic mass is 10.1. The van der Waals surface area contributed by atoms with Gasteiger partial charge in [-0.3, -0.25) is 0 Å². The van der Waals surface area contributed by atoms with Gasteiger partial charge in [-0.05, 0) is 50.4 Å². The predicted octanol–water partition coefficient (Wildman–Crippen LogP) is 2.07. The standard InChI is InChI=1S/C15H24N2O2S/c1-4-16-14-6-5-9-17(11-14)20(18,19)15-10-12(2)7-8-13(15)3/h7-8,10,14,16H,4-6,9,11H2,1-3H3. The number of hydrogen-bond acceptors (Lipinski definition) is 3. The molecular formula is C15H24N2O2S. The van der Waals surface area contributed by atoms with E-state index in [1.165, 1.54) is 0 Å². The Balaban J connectivity index is 2.27. The molecule has 1 fully saturated rings. The second kappa shape index (κ2) is 6.24. The first-order valence-corrected chi connectivity index (χ1v) is 8.70. The lowest BCUT2D eigenvalue weighted by molar-refractivity contribution is 0.286. The van der Waals surface area contributed by atoms with Crippen molar-refractivity contribution in [3.05, 3.63) is 29.3 Å². The number of benzene rings is 1. The van der Waals surface area contributed by atoms with Gasteiger partial charge in [0.2, 0.25) is 10.0 Å². The third-order valence-corrected chi connectivity index (χ3v) is 5.85. The third kappa shape index (κ3) is 3.22. The van der Waals surface area contributed by atoms with Gasteiger partial charge in [-0.1, -0.05) is 19.1 Å². The highest BCUT2D eigenvalue weighted by Gasteiger charge is 2.30.